The number of nitrogens with one attached hydrogen (secondary N) is 1. The van der Waals surface area contributed by atoms with Crippen LogP contribution in [0, 0.1) is 0 Å². The monoisotopic (exact) mass is 361 g/mol. The van der Waals surface area contributed by atoms with Crippen molar-refractivity contribution in [3.63, 3.8) is 0 Å². The summed E-state index contributed by atoms with van der Waals surface area (Å²) in [4.78, 5) is 12.4. The lowest BCUT2D eigenvalue weighted by atomic mass is 10.2. The van der Waals surface area contributed by atoms with Gasteiger partial charge < -0.3 is 14.8 Å². The van der Waals surface area contributed by atoms with Gasteiger partial charge in [-0.15, -0.1) is 0 Å². The summed E-state index contributed by atoms with van der Waals surface area (Å²) in [5.74, 6) is 1.28. The molecule has 0 aliphatic heterocycles. The zero-order valence-corrected chi connectivity index (χ0v) is 15.5. The average Bonchev–Trinajstić information content (AvgIpc) is 2.67. The number of benzene rings is 3. The van der Waals surface area contributed by atoms with Crippen LogP contribution in [0.4, 0.5) is 5.69 Å². The van der Waals surface area contributed by atoms with Crippen molar-refractivity contribution in [3.05, 3.63) is 90.0 Å². The first-order valence-corrected chi connectivity index (χ1v) is 8.95. The van der Waals surface area contributed by atoms with E-state index >= 15 is 0 Å². The van der Waals surface area contributed by atoms with Gasteiger partial charge in [0.2, 0.25) is 0 Å². The molecule has 0 fully saturated rings. The number of ether oxygens (including phenoxy) is 2. The van der Waals surface area contributed by atoms with E-state index in [9.17, 15) is 4.79 Å². The maximum atomic E-state index is 12.4. The minimum atomic E-state index is -0.175. The van der Waals surface area contributed by atoms with E-state index in [1.807, 2.05) is 68.4 Å². The summed E-state index contributed by atoms with van der Waals surface area (Å²) in [7, 11) is 0. The molecular weight excluding hydrogens is 338 g/mol. The minimum Gasteiger partial charge on any atom is -0.491 e. The Morgan fingerprint density at radius 2 is 1.63 bits per heavy atom. The first kappa shape index (κ1) is 18.5. The summed E-state index contributed by atoms with van der Waals surface area (Å²) in [6.07, 6.45) is 0.0828. The highest BCUT2D eigenvalue weighted by Crippen LogP contribution is 2.20. The summed E-state index contributed by atoms with van der Waals surface area (Å²) < 4.78 is 11.4. The summed E-state index contributed by atoms with van der Waals surface area (Å²) in [5, 5.41) is 2.89. The summed E-state index contributed by atoms with van der Waals surface area (Å²) in [6, 6.07) is 24.4. The molecule has 3 aromatic rings. The third-order valence-corrected chi connectivity index (χ3v) is 3.83. The van der Waals surface area contributed by atoms with E-state index in [2.05, 4.69) is 5.32 Å². The first-order chi connectivity index (χ1) is 13.1. The van der Waals surface area contributed by atoms with Crippen LogP contribution >= 0.6 is 0 Å². The van der Waals surface area contributed by atoms with Crippen molar-refractivity contribution in [2.24, 2.45) is 0 Å². The van der Waals surface area contributed by atoms with Gasteiger partial charge in [0.1, 0.15) is 18.1 Å². The zero-order chi connectivity index (χ0) is 19.1. The quantitative estimate of drug-likeness (QED) is 0.621. The largest absolute Gasteiger partial charge is 0.491 e. The Morgan fingerprint density at radius 1 is 0.889 bits per heavy atom. The second-order valence-electron chi connectivity index (χ2n) is 6.45. The third-order valence-electron chi connectivity index (χ3n) is 3.83. The summed E-state index contributed by atoms with van der Waals surface area (Å²) >= 11 is 0. The third kappa shape index (κ3) is 5.61. The lowest BCUT2D eigenvalue weighted by molar-refractivity contribution is 0.102. The molecule has 0 saturated carbocycles. The molecular formula is C23H23NO3. The van der Waals surface area contributed by atoms with Gasteiger partial charge in [-0.3, -0.25) is 4.79 Å². The van der Waals surface area contributed by atoms with Crippen LogP contribution in [0.3, 0.4) is 0 Å². The molecule has 4 nitrogen and oxygen atoms in total. The predicted octanol–water partition coefficient (Wildman–Crippen LogP) is 5.31. The molecule has 3 aromatic carbocycles. The van der Waals surface area contributed by atoms with Crippen LogP contribution in [0.15, 0.2) is 78.9 Å². The van der Waals surface area contributed by atoms with Crippen molar-refractivity contribution >= 4 is 11.6 Å². The summed E-state index contributed by atoms with van der Waals surface area (Å²) in [6.45, 7) is 4.42. The molecule has 0 spiro atoms. The molecule has 0 saturated heterocycles. The molecule has 0 aliphatic carbocycles. The van der Waals surface area contributed by atoms with Crippen LogP contribution in [0.25, 0.3) is 0 Å². The minimum absolute atomic E-state index is 0.0828. The molecule has 27 heavy (non-hydrogen) atoms. The number of carbonyl (C=O) groups is 1. The lowest BCUT2D eigenvalue weighted by Crippen LogP contribution is -2.12. The molecule has 0 aromatic heterocycles. The second kappa shape index (κ2) is 8.90. The van der Waals surface area contributed by atoms with Crippen molar-refractivity contribution < 1.29 is 14.3 Å². The smallest absolute Gasteiger partial charge is 0.255 e. The average molecular weight is 361 g/mol. The van der Waals surface area contributed by atoms with Gasteiger partial charge in [0, 0.05) is 17.3 Å². The van der Waals surface area contributed by atoms with Crippen LogP contribution in [0.2, 0.25) is 0 Å². The van der Waals surface area contributed by atoms with Gasteiger partial charge >= 0.3 is 0 Å². The van der Waals surface area contributed by atoms with Crippen molar-refractivity contribution in [3.8, 4) is 11.5 Å². The molecule has 0 unspecified atom stereocenters. The first-order valence-electron chi connectivity index (χ1n) is 8.95. The standard InChI is InChI=1S/C23H23NO3/c1-17(2)27-22-10-6-9-20(15-22)24-23(25)19-11-13-21(14-12-19)26-16-18-7-4-3-5-8-18/h3-15,17H,16H2,1-2H3,(H,24,25). The molecule has 1 amide bonds. The van der Waals surface area contributed by atoms with Crippen molar-refractivity contribution in [1.82, 2.24) is 0 Å². The molecule has 4 heteroatoms. The maximum absolute atomic E-state index is 12.4. The van der Waals surface area contributed by atoms with Crippen LogP contribution in [-0.4, -0.2) is 12.0 Å². The highest BCUT2D eigenvalue weighted by molar-refractivity contribution is 6.04. The Morgan fingerprint density at radius 3 is 2.33 bits per heavy atom. The Hall–Kier alpha value is -3.27. The normalized spacial score (nSPS) is 10.5. The van der Waals surface area contributed by atoms with E-state index in [-0.39, 0.29) is 12.0 Å². The highest BCUT2D eigenvalue weighted by atomic mass is 16.5. The molecule has 0 radical (unpaired) electrons. The number of amides is 1. The van der Waals surface area contributed by atoms with E-state index in [0.717, 1.165) is 17.1 Å². The van der Waals surface area contributed by atoms with Gasteiger partial charge in [-0.25, -0.2) is 0 Å². The fourth-order valence-electron chi connectivity index (χ4n) is 2.57. The molecule has 3 rings (SSSR count). The second-order valence-corrected chi connectivity index (χ2v) is 6.45. The SMILES string of the molecule is CC(C)Oc1cccc(NC(=O)c2ccc(OCc3ccccc3)cc2)c1. The van der Waals surface area contributed by atoms with E-state index in [0.29, 0.717) is 17.9 Å². The Kier molecular flexibility index (Phi) is 6.10. The fraction of sp³-hybridized carbons (Fsp3) is 0.174. The molecule has 138 valence electrons. The summed E-state index contributed by atoms with van der Waals surface area (Å²) in [5.41, 5.74) is 2.36. The maximum Gasteiger partial charge on any atom is 0.255 e. The molecule has 0 bridgehead atoms. The van der Waals surface area contributed by atoms with Crippen LogP contribution < -0.4 is 14.8 Å². The number of carbonyl (C=O) groups excluding carboxylic acids is 1. The van der Waals surface area contributed by atoms with Gasteiger partial charge in [-0.05, 0) is 55.8 Å². The molecule has 0 heterocycles. The fourth-order valence-corrected chi connectivity index (χ4v) is 2.57. The van der Waals surface area contributed by atoms with Gasteiger partial charge in [-0.2, -0.15) is 0 Å². The number of anilines is 1. The van der Waals surface area contributed by atoms with E-state index in [4.69, 9.17) is 9.47 Å². The molecule has 0 aliphatic rings. The van der Waals surface area contributed by atoms with Crippen molar-refractivity contribution in [2.45, 2.75) is 26.6 Å². The van der Waals surface area contributed by atoms with Gasteiger partial charge in [-0.1, -0.05) is 36.4 Å². The molecule has 0 atom stereocenters. The van der Waals surface area contributed by atoms with E-state index in [1.54, 1.807) is 24.3 Å². The predicted molar refractivity (Wildman–Crippen MR) is 107 cm³/mol. The lowest BCUT2D eigenvalue weighted by Gasteiger charge is -2.12. The van der Waals surface area contributed by atoms with Gasteiger partial charge in [0.15, 0.2) is 0 Å². The van der Waals surface area contributed by atoms with Crippen molar-refractivity contribution in [1.29, 1.82) is 0 Å². The zero-order valence-electron chi connectivity index (χ0n) is 15.5. The number of hydrogen-bond acceptors (Lipinski definition) is 3. The van der Waals surface area contributed by atoms with Gasteiger partial charge in [0.05, 0.1) is 6.10 Å². The van der Waals surface area contributed by atoms with Crippen LogP contribution in [-0.2, 0) is 6.61 Å². The van der Waals surface area contributed by atoms with Gasteiger partial charge in [0.25, 0.3) is 5.91 Å². The molecule has 1 N–H and O–H groups in total. The number of hydrogen-bond donors (Lipinski definition) is 1. The van der Waals surface area contributed by atoms with Crippen molar-refractivity contribution in [2.75, 3.05) is 5.32 Å². The number of rotatable bonds is 7. The highest BCUT2D eigenvalue weighted by Gasteiger charge is 2.08. The Labute approximate surface area is 159 Å². The Balaban J connectivity index is 1.59. The van der Waals surface area contributed by atoms with E-state index in [1.165, 1.54) is 0 Å². The Bertz CT molecular complexity index is 874. The van der Waals surface area contributed by atoms with Crippen LogP contribution in [0.1, 0.15) is 29.8 Å². The van der Waals surface area contributed by atoms with Crippen LogP contribution in [0.5, 0.6) is 11.5 Å². The van der Waals surface area contributed by atoms with E-state index < -0.39 is 0 Å². The topological polar surface area (TPSA) is 47.6 Å².